The highest BCUT2D eigenvalue weighted by molar-refractivity contribution is 7.88. The molecule has 2 fully saturated rings. The van der Waals surface area contributed by atoms with E-state index < -0.39 is 68.6 Å². The van der Waals surface area contributed by atoms with Crippen molar-refractivity contribution in [3.63, 3.8) is 0 Å². The van der Waals surface area contributed by atoms with Gasteiger partial charge in [-0.2, -0.15) is 0 Å². The fourth-order valence-corrected chi connectivity index (χ4v) is 6.69. The maximum absolute atomic E-state index is 14.4. The molecule has 1 heterocycles. The molecule has 0 aromatic heterocycles. The van der Waals surface area contributed by atoms with Gasteiger partial charge in [-0.3, -0.25) is 19.2 Å². The summed E-state index contributed by atoms with van der Waals surface area (Å²) in [6, 6.07) is -3.98. The Labute approximate surface area is 321 Å². The minimum absolute atomic E-state index is 0.0452. The van der Waals surface area contributed by atoms with Gasteiger partial charge in [0, 0.05) is 32.7 Å². The number of amides is 5. The fraction of sp³-hybridized carbons (Fsp3) is 0.821. The monoisotopic (exact) mass is 771 g/mol. The number of ketones is 1. The van der Waals surface area contributed by atoms with Crippen LogP contribution in [0.3, 0.4) is 0 Å². The first-order valence-corrected chi connectivity index (χ1v) is 21.6. The van der Waals surface area contributed by atoms with Gasteiger partial charge in [-0.25, -0.2) is 17.5 Å². The quantitative estimate of drug-likeness (QED) is 0.122. The number of likely N-dealkylation sites (N-methyl/N-ethyl adjacent to an activating group) is 1. The van der Waals surface area contributed by atoms with Crippen molar-refractivity contribution >= 4 is 39.6 Å². The van der Waals surface area contributed by atoms with Gasteiger partial charge in [0.15, 0.2) is 0 Å². The number of nitrogens with one attached hydrogen (secondary N) is 4. The van der Waals surface area contributed by atoms with Crippen LogP contribution in [0.1, 0.15) is 139 Å². The molecule has 1 aliphatic carbocycles. The molecular weight excluding hydrogens is 697 g/mol. The van der Waals surface area contributed by atoms with Crippen molar-refractivity contribution in [1.82, 2.24) is 30.5 Å². The summed E-state index contributed by atoms with van der Waals surface area (Å²) in [4.78, 5) is 68.5. The SMILES string of the molecule is C=CCNC(=O)C(=O)C(CCCC)NC(=O)C1CCCN1C(=O)C(NC(=O)NC(CN(C)S(C)(=O)=O)C(C)(C)C)C1(C)CCCCC1.CCC.CCC. The molecule has 0 aromatic carbocycles. The van der Waals surface area contributed by atoms with E-state index in [1.165, 1.54) is 35.2 Å². The van der Waals surface area contributed by atoms with Crippen molar-refractivity contribution in [2.45, 2.75) is 164 Å². The number of carbonyl (C=O) groups excluding carboxylic acids is 5. The van der Waals surface area contributed by atoms with Crippen molar-refractivity contribution < 1.29 is 32.4 Å². The minimum Gasteiger partial charge on any atom is -0.346 e. The van der Waals surface area contributed by atoms with E-state index in [0.717, 1.165) is 31.9 Å². The third-order valence-corrected chi connectivity index (χ3v) is 10.8. The number of unbranched alkanes of at least 4 members (excludes halogenated alkanes) is 1. The largest absolute Gasteiger partial charge is 0.346 e. The molecule has 13 nitrogen and oxygen atoms in total. The molecule has 4 atom stereocenters. The molecule has 1 saturated heterocycles. The predicted molar refractivity (Wildman–Crippen MR) is 214 cm³/mol. The maximum atomic E-state index is 14.4. The summed E-state index contributed by atoms with van der Waals surface area (Å²) in [5, 5.41) is 11.1. The van der Waals surface area contributed by atoms with E-state index in [1.807, 2.05) is 34.6 Å². The fourth-order valence-electron chi connectivity index (χ4n) is 6.27. The number of Topliss-reactive ketones (excluding diaryl/α,β-unsaturated/α-hetero) is 1. The first kappa shape index (κ1) is 50.0. The van der Waals surface area contributed by atoms with Crippen LogP contribution in [0.4, 0.5) is 4.79 Å². The number of sulfonamides is 1. The standard InChI is InChI=1S/C33H58N6O7S.2C3H8/c1-9-11-16-23(26(40)29(42)34-20-10-2)35-28(41)24-17-15-21-39(24)30(43)27(33(6)18-13-12-14-19-33)37-31(44)36-25(32(3,4)5)22-38(7)47(8,45)46;2*1-3-2/h10,23-25,27H,2,9,11-22H2,1,3-8H3,(H,34,42)(H,35,41)(H2,36,37,44);2*3H2,1-2H3. The van der Waals surface area contributed by atoms with Crippen molar-refractivity contribution in [2.24, 2.45) is 10.8 Å². The molecule has 2 rings (SSSR count). The zero-order valence-corrected chi connectivity index (χ0v) is 35.7. The van der Waals surface area contributed by atoms with Crippen LogP contribution in [0.25, 0.3) is 0 Å². The summed E-state index contributed by atoms with van der Waals surface area (Å²) < 4.78 is 25.4. The van der Waals surface area contributed by atoms with Gasteiger partial charge in [-0.15, -0.1) is 6.58 Å². The zero-order valence-electron chi connectivity index (χ0n) is 34.9. The van der Waals surface area contributed by atoms with E-state index in [0.29, 0.717) is 38.6 Å². The lowest BCUT2D eigenvalue weighted by Gasteiger charge is -2.43. The van der Waals surface area contributed by atoms with E-state index in [1.54, 1.807) is 0 Å². The summed E-state index contributed by atoms with van der Waals surface area (Å²) in [6.45, 7) is 22.1. The molecule has 4 N–H and O–H groups in total. The smallest absolute Gasteiger partial charge is 0.315 e. The number of hydrogen-bond acceptors (Lipinski definition) is 7. The summed E-state index contributed by atoms with van der Waals surface area (Å²) >= 11 is 0. The van der Waals surface area contributed by atoms with Gasteiger partial charge in [0.2, 0.25) is 27.6 Å². The molecule has 4 unspecified atom stereocenters. The lowest BCUT2D eigenvalue weighted by atomic mass is 9.70. The van der Waals surface area contributed by atoms with Crippen molar-refractivity contribution in [3.05, 3.63) is 12.7 Å². The highest BCUT2D eigenvalue weighted by Gasteiger charge is 2.47. The van der Waals surface area contributed by atoms with E-state index >= 15 is 0 Å². The minimum atomic E-state index is -3.50. The Bertz CT molecular complexity index is 1280. The second-order valence-corrected chi connectivity index (χ2v) is 18.0. The van der Waals surface area contributed by atoms with Crippen LogP contribution in [0.15, 0.2) is 12.7 Å². The molecule has 0 spiro atoms. The van der Waals surface area contributed by atoms with Crippen molar-refractivity contribution in [3.8, 4) is 0 Å². The molecule has 1 saturated carbocycles. The van der Waals surface area contributed by atoms with Crippen LogP contribution < -0.4 is 21.3 Å². The zero-order chi connectivity index (χ0) is 41.0. The van der Waals surface area contributed by atoms with E-state index in [4.69, 9.17) is 0 Å². The third kappa shape index (κ3) is 17.3. The van der Waals surface area contributed by atoms with Crippen LogP contribution in [0.2, 0.25) is 0 Å². The van der Waals surface area contributed by atoms with Gasteiger partial charge < -0.3 is 26.2 Å². The number of rotatable bonds is 16. The highest BCUT2D eigenvalue weighted by atomic mass is 32.2. The first-order chi connectivity index (χ1) is 24.7. The van der Waals surface area contributed by atoms with Crippen molar-refractivity contribution in [1.29, 1.82) is 0 Å². The second kappa shape index (κ2) is 24.4. The molecule has 2 aliphatic rings. The molecule has 1 aliphatic heterocycles. The summed E-state index contributed by atoms with van der Waals surface area (Å²) in [6.07, 6.45) is 11.9. The predicted octanol–water partition coefficient (Wildman–Crippen LogP) is 5.30. The highest BCUT2D eigenvalue weighted by Crippen LogP contribution is 2.40. The lowest BCUT2D eigenvalue weighted by Crippen LogP contribution is -2.63. The normalized spacial score (nSPS) is 18.5. The van der Waals surface area contributed by atoms with Gasteiger partial charge in [-0.1, -0.05) is 113 Å². The van der Waals surface area contributed by atoms with Crippen molar-refractivity contribution in [2.75, 3.05) is 32.9 Å². The van der Waals surface area contributed by atoms with Crippen LogP contribution in [0, 0.1) is 10.8 Å². The first-order valence-electron chi connectivity index (χ1n) is 19.7. The maximum Gasteiger partial charge on any atom is 0.315 e. The van der Waals surface area contributed by atoms with Gasteiger partial charge >= 0.3 is 6.03 Å². The molecule has 14 heteroatoms. The van der Waals surface area contributed by atoms with Gasteiger partial charge in [-0.05, 0) is 42.9 Å². The van der Waals surface area contributed by atoms with E-state index in [2.05, 4.69) is 55.5 Å². The molecule has 0 bridgehead atoms. The lowest BCUT2D eigenvalue weighted by molar-refractivity contribution is -0.144. The van der Waals surface area contributed by atoms with Crippen LogP contribution >= 0.6 is 0 Å². The van der Waals surface area contributed by atoms with Crippen LogP contribution in [-0.2, 0) is 29.2 Å². The Morgan fingerprint density at radius 2 is 1.51 bits per heavy atom. The van der Waals surface area contributed by atoms with Gasteiger partial charge in [0.25, 0.3) is 5.91 Å². The third-order valence-electron chi connectivity index (χ3n) is 9.52. The molecule has 0 radical (unpaired) electrons. The average molecular weight is 771 g/mol. The Morgan fingerprint density at radius 1 is 0.943 bits per heavy atom. The molecular formula is C39H74N6O7S. The number of hydrogen-bond donors (Lipinski definition) is 4. The summed E-state index contributed by atoms with van der Waals surface area (Å²) in [5.41, 5.74) is -1.07. The van der Waals surface area contributed by atoms with E-state index in [-0.39, 0.29) is 25.4 Å². The Balaban J connectivity index is 0.00000420. The molecule has 308 valence electrons. The Kier molecular flexibility index (Phi) is 23.0. The molecule has 53 heavy (non-hydrogen) atoms. The molecule has 0 aromatic rings. The van der Waals surface area contributed by atoms with Crippen LogP contribution in [0.5, 0.6) is 0 Å². The van der Waals surface area contributed by atoms with E-state index in [9.17, 15) is 32.4 Å². The summed E-state index contributed by atoms with van der Waals surface area (Å²) in [5.74, 6) is -2.42. The summed E-state index contributed by atoms with van der Waals surface area (Å²) in [7, 11) is -2.04. The number of carbonyl (C=O) groups is 5. The number of nitrogens with zero attached hydrogens (tertiary/aromatic N) is 2. The topological polar surface area (TPSA) is 174 Å². The van der Waals surface area contributed by atoms with Crippen LogP contribution in [-0.4, -0.2) is 104 Å². The van der Waals surface area contributed by atoms with Gasteiger partial charge in [0.1, 0.15) is 12.1 Å². The Morgan fingerprint density at radius 3 is 2.00 bits per heavy atom. The Hall–Kier alpha value is -3.00. The second-order valence-electron chi connectivity index (χ2n) is 15.9. The van der Waals surface area contributed by atoms with Gasteiger partial charge in [0.05, 0.1) is 12.3 Å². The number of likely N-dealkylation sites (tertiary alicyclic amines) is 1. The molecule has 5 amide bonds. The average Bonchev–Trinajstić information content (AvgIpc) is 3.57. The number of urea groups is 1.